The number of hydrogen-bond acceptors (Lipinski definition) is 3. The second-order valence-electron chi connectivity index (χ2n) is 4.73. The van der Waals surface area contributed by atoms with Crippen LogP contribution in [0.2, 0.25) is 5.02 Å². The summed E-state index contributed by atoms with van der Waals surface area (Å²) in [6.45, 7) is 0.177. The third-order valence-electron chi connectivity index (χ3n) is 3.43. The molecule has 5 heteroatoms. The predicted molar refractivity (Wildman–Crippen MR) is 81.2 cm³/mol. The van der Waals surface area contributed by atoms with Gasteiger partial charge in [-0.15, -0.1) is 0 Å². The van der Waals surface area contributed by atoms with Crippen LogP contribution >= 0.6 is 11.6 Å². The van der Waals surface area contributed by atoms with Gasteiger partial charge in [-0.1, -0.05) is 29.8 Å². The molecule has 0 aliphatic rings. The molecular weight excluding hydrogens is 293 g/mol. The molecule has 2 unspecified atom stereocenters. The van der Waals surface area contributed by atoms with Gasteiger partial charge >= 0.3 is 0 Å². The number of aliphatic hydroxyl groups is 1. The summed E-state index contributed by atoms with van der Waals surface area (Å²) in [5, 5.41) is 11.1. The molecule has 3 nitrogen and oxygen atoms in total. The second-order valence-corrected chi connectivity index (χ2v) is 5.16. The van der Waals surface area contributed by atoms with Gasteiger partial charge in [-0.25, -0.2) is 4.39 Å². The highest BCUT2D eigenvalue weighted by Crippen LogP contribution is 2.36. The molecule has 2 rings (SSSR count). The number of rotatable bonds is 5. The van der Waals surface area contributed by atoms with Crippen molar-refractivity contribution in [2.75, 3.05) is 13.7 Å². The van der Waals surface area contributed by atoms with E-state index >= 15 is 0 Å². The average Bonchev–Trinajstić information content (AvgIpc) is 2.47. The van der Waals surface area contributed by atoms with Gasteiger partial charge in [0.1, 0.15) is 11.6 Å². The minimum absolute atomic E-state index is 0.177. The molecule has 0 aromatic heterocycles. The topological polar surface area (TPSA) is 55.5 Å². The summed E-state index contributed by atoms with van der Waals surface area (Å²) >= 11 is 5.92. The van der Waals surface area contributed by atoms with Crippen LogP contribution in [0.25, 0.3) is 0 Å². The number of hydrogen-bond donors (Lipinski definition) is 2. The van der Waals surface area contributed by atoms with Gasteiger partial charge in [0.2, 0.25) is 0 Å². The minimum Gasteiger partial charge on any atom is -0.496 e. The van der Waals surface area contributed by atoms with Crippen LogP contribution in [0.3, 0.4) is 0 Å². The Hall–Kier alpha value is -1.62. The lowest BCUT2D eigenvalue weighted by atomic mass is 9.89. The van der Waals surface area contributed by atoms with E-state index in [-0.39, 0.29) is 12.4 Å². The molecule has 21 heavy (non-hydrogen) atoms. The Morgan fingerprint density at radius 3 is 2.67 bits per heavy atom. The van der Waals surface area contributed by atoms with Gasteiger partial charge in [0.05, 0.1) is 13.2 Å². The molecule has 0 radical (unpaired) electrons. The van der Waals surface area contributed by atoms with Gasteiger partial charge in [-0.05, 0) is 29.8 Å². The minimum atomic E-state index is -0.913. The Morgan fingerprint density at radius 2 is 2.05 bits per heavy atom. The van der Waals surface area contributed by atoms with Crippen molar-refractivity contribution in [2.45, 2.75) is 12.0 Å². The first-order valence-corrected chi connectivity index (χ1v) is 6.91. The Morgan fingerprint density at radius 1 is 1.29 bits per heavy atom. The number of nitrogens with two attached hydrogens (primary N) is 1. The highest BCUT2D eigenvalue weighted by molar-refractivity contribution is 6.30. The molecule has 0 heterocycles. The van der Waals surface area contributed by atoms with E-state index in [2.05, 4.69) is 0 Å². The molecule has 0 aliphatic carbocycles. The Bertz CT molecular complexity index is 621. The lowest BCUT2D eigenvalue weighted by molar-refractivity contribution is 0.143. The fourth-order valence-corrected chi connectivity index (χ4v) is 2.49. The maximum absolute atomic E-state index is 13.4. The van der Waals surface area contributed by atoms with Crippen LogP contribution < -0.4 is 10.5 Å². The molecule has 0 amide bonds. The van der Waals surface area contributed by atoms with Crippen LogP contribution in [-0.4, -0.2) is 18.8 Å². The van der Waals surface area contributed by atoms with E-state index < -0.39 is 12.0 Å². The first kappa shape index (κ1) is 15.8. The average molecular weight is 310 g/mol. The van der Waals surface area contributed by atoms with E-state index in [0.717, 1.165) is 0 Å². The second kappa shape index (κ2) is 6.89. The summed E-state index contributed by atoms with van der Waals surface area (Å²) < 4.78 is 18.6. The molecule has 112 valence electrons. The van der Waals surface area contributed by atoms with Crippen molar-refractivity contribution < 1.29 is 14.2 Å². The van der Waals surface area contributed by atoms with Crippen LogP contribution in [-0.2, 0) is 0 Å². The standard InChI is InChI=1S/C16H17ClFNO2/c1-21-15-8-11(17)5-6-13(15)16(20)14(9-19)10-3-2-4-12(18)7-10/h2-8,14,16,20H,9,19H2,1H3. The fourth-order valence-electron chi connectivity index (χ4n) is 2.33. The van der Waals surface area contributed by atoms with Crippen molar-refractivity contribution >= 4 is 11.6 Å². The Kier molecular flexibility index (Phi) is 5.17. The fraction of sp³-hybridized carbons (Fsp3) is 0.250. The molecule has 0 spiro atoms. The largest absolute Gasteiger partial charge is 0.496 e. The van der Waals surface area contributed by atoms with Gasteiger partial charge in [-0.3, -0.25) is 0 Å². The van der Waals surface area contributed by atoms with Gasteiger partial charge < -0.3 is 15.6 Å². The molecule has 0 saturated heterocycles. The monoisotopic (exact) mass is 309 g/mol. The molecular formula is C16H17ClFNO2. The quantitative estimate of drug-likeness (QED) is 0.891. The first-order valence-electron chi connectivity index (χ1n) is 6.54. The van der Waals surface area contributed by atoms with E-state index in [9.17, 15) is 9.50 Å². The summed E-state index contributed by atoms with van der Waals surface area (Å²) in [4.78, 5) is 0. The third kappa shape index (κ3) is 3.53. The molecule has 3 N–H and O–H groups in total. The van der Waals surface area contributed by atoms with E-state index in [1.165, 1.54) is 19.2 Å². The van der Waals surface area contributed by atoms with Gasteiger partial charge in [0.15, 0.2) is 0 Å². The zero-order valence-electron chi connectivity index (χ0n) is 11.6. The molecule has 2 atom stereocenters. The van der Waals surface area contributed by atoms with Crippen LogP contribution in [0.1, 0.15) is 23.1 Å². The Labute approximate surface area is 128 Å². The van der Waals surface area contributed by atoms with Crippen molar-refractivity contribution in [2.24, 2.45) is 5.73 Å². The van der Waals surface area contributed by atoms with Crippen LogP contribution in [0.4, 0.5) is 4.39 Å². The third-order valence-corrected chi connectivity index (χ3v) is 3.66. The van der Waals surface area contributed by atoms with Gasteiger partial charge in [0, 0.05) is 23.0 Å². The molecule has 2 aromatic carbocycles. The SMILES string of the molecule is COc1cc(Cl)ccc1C(O)C(CN)c1cccc(F)c1. The molecule has 0 bridgehead atoms. The Balaban J connectivity index is 2.38. The highest BCUT2D eigenvalue weighted by Gasteiger charge is 2.24. The van der Waals surface area contributed by atoms with E-state index in [0.29, 0.717) is 21.9 Å². The van der Waals surface area contributed by atoms with Crippen molar-refractivity contribution in [3.63, 3.8) is 0 Å². The van der Waals surface area contributed by atoms with Crippen molar-refractivity contribution in [1.29, 1.82) is 0 Å². The van der Waals surface area contributed by atoms with Gasteiger partial charge in [0.25, 0.3) is 0 Å². The summed E-state index contributed by atoms with van der Waals surface area (Å²) in [5.41, 5.74) is 6.98. The number of methoxy groups -OCH3 is 1. The summed E-state index contributed by atoms with van der Waals surface area (Å²) in [6.07, 6.45) is -0.913. The van der Waals surface area contributed by atoms with E-state index in [1.54, 1.807) is 30.3 Å². The van der Waals surface area contributed by atoms with Crippen LogP contribution in [0, 0.1) is 5.82 Å². The lowest BCUT2D eigenvalue weighted by Gasteiger charge is -2.24. The molecule has 2 aromatic rings. The highest BCUT2D eigenvalue weighted by atomic mass is 35.5. The van der Waals surface area contributed by atoms with Crippen LogP contribution in [0.15, 0.2) is 42.5 Å². The number of ether oxygens (including phenoxy) is 1. The van der Waals surface area contributed by atoms with Crippen molar-refractivity contribution in [1.82, 2.24) is 0 Å². The number of benzene rings is 2. The van der Waals surface area contributed by atoms with E-state index in [4.69, 9.17) is 22.1 Å². The number of aliphatic hydroxyl groups excluding tert-OH is 1. The zero-order chi connectivity index (χ0) is 15.4. The van der Waals surface area contributed by atoms with Crippen molar-refractivity contribution in [3.8, 4) is 5.75 Å². The number of halogens is 2. The predicted octanol–water partition coefficient (Wildman–Crippen LogP) is 3.26. The summed E-state index contributed by atoms with van der Waals surface area (Å²) in [7, 11) is 1.50. The smallest absolute Gasteiger partial charge is 0.126 e. The van der Waals surface area contributed by atoms with Crippen LogP contribution in [0.5, 0.6) is 5.75 Å². The first-order chi connectivity index (χ1) is 10.1. The summed E-state index contributed by atoms with van der Waals surface area (Å²) in [5.74, 6) is -0.318. The zero-order valence-corrected chi connectivity index (χ0v) is 12.3. The normalized spacial score (nSPS) is 13.8. The van der Waals surface area contributed by atoms with E-state index in [1.807, 2.05) is 0 Å². The molecule has 0 saturated carbocycles. The molecule has 0 fully saturated rings. The summed E-state index contributed by atoms with van der Waals surface area (Å²) in [6, 6.07) is 11.1. The van der Waals surface area contributed by atoms with Gasteiger partial charge in [-0.2, -0.15) is 0 Å². The lowest BCUT2D eigenvalue weighted by Crippen LogP contribution is -2.20. The molecule has 0 aliphatic heterocycles. The maximum Gasteiger partial charge on any atom is 0.126 e. The van der Waals surface area contributed by atoms with Crippen molar-refractivity contribution in [3.05, 3.63) is 64.4 Å². The maximum atomic E-state index is 13.4.